The Bertz CT molecular complexity index is 651. The predicted molar refractivity (Wildman–Crippen MR) is 103 cm³/mol. The first-order valence-corrected chi connectivity index (χ1v) is 8.93. The molecule has 0 spiro atoms. The summed E-state index contributed by atoms with van der Waals surface area (Å²) >= 11 is 2.15. The number of carbonyl (C=O) groups excluding carboxylic acids is 2. The summed E-state index contributed by atoms with van der Waals surface area (Å²) < 4.78 is 6.24. The van der Waals surface area contributed by atoms with Gasteiger partial charge >= 0.3 is 6.09 Å². The Kier molecular flexibility index (Phi) is 5.31. The lowest BCUT2D eigenvalue weighted by atomic mass is 9.98. The second kappa shape index (κ2) is 6.78. The minimum atomic E-state index is -0.662. The minimum Gasteiger partial charge on any atom is -0.444 e. The number of anilines is 2. The van der Waals surface area contributed by atoms with Gasteiger partial charge in [0, 0.05) is 3.57 Å². The molecule has 2 amide bonds. The Balaban J connectivity index is 2.12. The van der Waals surface area contributed by atoms with Crippen molar-refractivity contribution in [3.05, 3.63) is 21.8 Å². The first-order valence-electron chi connectivity index (χ1n) is 7.86. The van der Waals surface area contributed by atoms with E-state index in [0.29, 0.717) is 11.4 Å². The molecule has 1 atom stereocenters. The number of benzene rings is 1. The fourth-order valence-electron chi connectivity index (χ4n) is 2.31. The summed E-state index contributed by atoms with van der Waals surface area (Å²) in [5, 5.41) is 5.54. The fourth-order valence-corrected chi connectivity index (χ4v) is 2.80. The molecule has 24 heavy (non-hydrogen) atoms. The number of hydrogen-bond acceptors (Lipinski definition) is 4. The molecule has 0 heterocycles. The van der Waals surface area contributed by atoms with Crippen molar-refractivity contribution in [1.82, 2.24) is 5.32 Å². The SMILES string of the molecule is CC(C)(C)OC(=O)N[C@H](C(=O)Nc1cc(I)ccc1N)C1(C)CC1. The summed E-state index contributed by atoms with van der Waals surface area (Å²) in [6.07, 6.45) is 1.16. The fraction of sp³-hybridized carbons (Fsp3) is 0.529. The Morgan fingerprint density at radius 1 is 1.33 bits per heavy atom. The van der Waals surface area contributed by atoms with Gasteiger partial charge < -0.3 is 21.1 Å². The van der Waals surface area contributed by atoms with Gasteiger partial charge in [-0.15, -0.1) is 0 Å². The van der Waals surface area contributed by atoms with Gasteiger partial charge in [-0.1, -0.05) is 6.92 Å². The van der Waals surface area contributed by atoms with Crippen molar-refractivity contribution in [3.8, 4) is 0 Å². The van der Waals surface area contributed by atoms with E-state index in [2.05, 4.69) is 33.2 Å². The van der Waals surface area contributed by atoms with Gasteiger partial charge in [-0.25, -0.2) is 4.79 Å². The number of nitrogens with one attached hydrogen (secondary N) is 2. The van der Waals surface area contributed by atoms with E-state index >= 15 is 0 Å². The molecule has 1 aliphatic carbocycles. The Morgan fingerprint density at radius 2 is 1.96 bits per heavy atom. The molecular formula is C17H24IN3O3. The van der Waals surface area contributed by atoms with Crippen molar-refractivity contribution >= 4 is 46.0 Å². The molecule has 1 saturated carbocycles. The zero-order valence-corrected chi connectivity index (χ0v) is 16.6. The second-order valence-electron chi connectivity index (χ2n) is 7.45. The number of ether oxygens (including phenoxy) is 1. The summed E-state index contributed by atoms with van der Waals surface area (Å²) in [7, 11) is 0. The van der Waals surface area contributed by atoms with E-state index in [1.54, 1.807) is 32.9 Å². The summed E-state index contributed by atoms with van der Waals surface area (Å²) in [5.74, 6) is -0.283. The molecule has 2 rings (SSSR count). The molecular weight excluding hydrogens is 421 g/mol. The highest BCUT2D eigenvalue weighted by Gasteiger charge is 2.49. The molecule has 0 saturated heterocycles. The van der Waals surface area contributed by atoms with Gasteiger partial charge in [0.1, 0.15) is 11.6 Å². The highest BCUT2D eigenvalue weighted by Crippen LogP contribution is 2.48. The number of carbonyl (C=O) groups is 2. The van der Waals surface area contributed by atoms with Crippen LogP contribution in [0.5, 0.6) is 0 Å². The van der Waals surface area contributed by atoms with Gasteiger partial charge in [-0.3, -0.25) is 4.79 Å². The number of nitrogen functional groups attached to an aromatic ring is 1. The predicted octanol–water partition coefficient (Wildman–Crippen LogP) is 3.51. The Labute approximate surface area is 156 Å². The first kappa shape index (κ1) is 18.8. The zero-order chi connectivity index (χ0) is 18.1. The smallest absolute Gasteiger partial charge is 0.408 e. The summed E-state index contributed by atoms with van der Waals surface area (Å²) in [6, 6.07) is 4.74. The van der Waals surface area contributed by atoms with Gasteiger partial charge in [0.25, 0.3) is 0 Å². The van der Waals surface area contributed by atoms with Crippen LogP contribution in [0.1, 0.15) is 40.5 Å². The van der Waals surface area contributed by atoms with Crippen LogP contribution < -0.4 is 16.4 Å². The van der Waals surface area contributed by atoms with Gasteiger partial charge in [-0.2, -0.15) is 0 Å². The van der Waals surface area contributed by atoms with E-state index in [-0.39, 0.29) is 11.3 Å². The van der Waals surface area contributed by atoms with Crippen LogP contribution in [0.3, 0.4) is 0 Å². The Morgan fingerprint density at radius 3 is 2.50 bits per heavy atom. The maximum atomic E-state index is 12.7. The van der Waals surface area contributed by atoms with Crippen molar-refractivity contribution in [2.75, 3.05) is 11.1 Å². The van der Waals surface area contributed by atoms with Crippen LogP contribution in [-0.4, -0.2) is 23.6 Å². The van der Waals surface area contributed by atoms with E-state index in [1.807, 2.05) is 13.0 Å². The Hall–Kier alpha value is -1.51. The molecule has 0 aliphatic heterocycles. The number of amides is 2. The normalized spacial score (nSPS) is 16.9. The number of nitrogens with two attached hydrogens (primary N) is 1. The lowest BCUT2D eigenvalue weighted by Crippen LogP contribution is -2.50. The highest BCUT2D eigenvalue weighted by molar-refractivity contribution is 14.1. The van der Waals surface area contributed by atoms with Crippen LogP contribution in [-0.2, 0) is 9.53 Å². The van der Waals surface area contributed by atoms with E-state index in [9.17, 15) is 9.59 Å². The number of rotatable bonds is 4. The maximum Gasteiger partial charge on any atom is 0.408 e. The molecule has 1 aromatic carbocycles. The molecule has 0 bridgehead atoms. The third-order valence-electron chi connectivity index (χ3n) is 3.93. The second-order valence-corrected chi connectivity index (χ2v) is 8.70. The van der Waals surface area contributed by atoms with Crippen molar-refractivity contribution < 1.29 is 14.3 Å². The molecule has 0 aromatic heterocycles. The molecule has 1 aliphatic rings. The van der Waals surface area contributed by atoms with Crippen LogP contribution in [0.25, 0.3) is 0 Å². The number of hydrogen-bond donors (Lipinski definition) is 3. The van der Waals surface area contributed by atoms with Crippen LogP contribution in [0.2, 0.25) is 0 Å². The molecule has 6 nitrogen and oxygen atoms in total. The van der Waals surface area contributed by atoms with Crippen LogP contribution >= 0.6 is 22.6 Å². The summed E-state index contributed by atoms with van der Waals surface area (Å²) in [4.78, 5) is 24.8. The zero-order valence-electron chi connectivity index (χ0n) is 14.4. The largest absolute Gasteiger partial charge is 0.444 e. The molecule has 7 heteroatoms. The standard InChI is InChI=1S/C17H24IN3O3/c1-16(2,3)24-15(23)21-13(17(4)7-8-17)14(22)20-12-9-10(18)5-6-11(12)19/h5-6,9,13H,7-8,19H2,1-4H3,(H,20,22)(H,21,23)/t13-/m1/s1. The van der Waals surface area contributed by atoms with E-state index < -0.39 is 17.7 Å². The minimum absolute atomic E-state index is 0.252. The average Bonchev–Trinajstić information content (AvgIpc) is 3.17. The number of halogens is 1. The summed E-state index contributed by atoms with van der Waals surface area (Å²) in [5.41, 5.74) is 6.08. The van der Waals surface area contributed by atoms with Crippen LogP contribution in [0.15, 0.2) is 18.2 Å². The van der Waals surface area contributed by atoms with Crippen LogP contribution in [0, 0.1) is 8.99 Å². The quantitative estimate of drug-likeness (QED) is 0.489. The molecule has 1 aromatic rings. The summed E-state index contributed by atoms with van der Waals surface area (Å²) in [6.45, 7) is 7.33. The van der Waals surface area contributed by atoms with Gasteiger partial charge in [-0.05, 0) is 79.8 Å². The monoisotopic (exact) mass is 445 g/mol. The number of alkyl carbamates (subject to hydrolysis) is 1. The maximum absolute atomic E-state index is 12.7. The van der Waals surface area contributed by atoms with Gasteiger partial charge in [0.05, 0.1) is 11.4 Å². The van der Waals surface area contributed by atoms with Gasteiger partial charge in [0.2, 0.25) is 5.91 Å². The first-order chi connectivity index (χ1) is 11.0. The van der Waals surface area contributed by atoms with Crippen molar-refractivity contribution in [3.63, 3.8) is 0 Å². The highest BCUT2D eigenvalue weighted by atomic mass is 127. The molecule has 4 N–H and O–H groups in total. The van der Waals surface area contributed by atoms with Crippen molar-refractivity contribution in [1.29, 1.82) is 0 Å². The molecule has 1 fully saturated rings. The molecule has 0 unspecified atom stereocenters. The lowest BCUT2D eigenvalue weighted by molar-refractivity contribution is -0.119. The average molecular weight is 445 g/mol. The third-order valence-corrected chi connectivity index (χ3v) is 4.60. The van der Waals surface area contributed by atoms with E-state index in [1.165, 1.54) is 0 Å². The topological polar surface area (TPSA) is 93.4 Å². The van der Waals surface area contributed by atoms with Crippen molar-refractivity contribution in [2.24, 2.45) is 5.41 Å². The van der Waals surface area contributed by atoms with Crippen molar-refractivity contribution in [2.45, 2.75) is 52.2 Å². The van der Waals surface area contributed by atoms with Gasteiger partial charge in [0.15, 0.2) is 0 Å². The van der Waals surface area contributed by atoms with Crippen LogP contribution in [0.4, 0.5) is 16.2 Å². The molecule has 132 valence electrons. The lowest BCUT2D eigenvalue weighted by Gasteiger charge is -2.26. The third kappa shape index (κ3) is 4.99. The van der Waals surface area contributed by atoms with E-state index in [4.69, 9.17) is 10.5 Å². The van der Waals surface area contributed by atoms with E-state index in [0.717, 1.165) is 16.4 Å². The molecule has 0 radical (unpaired) electrons.